The van der Waals surface area contributed by atoms with Gasteiger partial charge in [0.2, 0.25) is 0 Å². The molecule has 2 aromatic heterocycles. The summed E-state index contributed by atoms with van der Waals surface area (Å²) in [6.45, 7) is 3.05. The molecule has 0 N–H and O–H groups in total. The van der Waals surface area contributed by atoms with E-state index in [4.69, 9.17) is 9.26 Å². The minimum absolute atomic E-state index is 0.157. The molecule has 7 nitrogen and oxygen atoms in total. The molecular weight excluding hydrogens is 338 g/mol. The van der Waals surface area contributed by atoms with Gasteiger partial charge >= 0.3 is 0 Å². The van der Waals surface area contributed by atoms with E-state index in [1.165, 1.54) is 15.6 Å². The summed E-state index contributed by atoms with van der Waals surface area (Å²) in [6, 6.07) is 3.38. The van der Waals surface area contributed by atoms with Crippen LogP contribution in [0.1, 0.15) is 31.5 Å². The normalized spacial score (nSPS) is 20.0. The maximum absolute atomic E-state index is 12.6. The van der Waals surface area contributed by atoms with Gasteiger partial charge < -0.3 is 9.26 Å². The van der Waals surface area contributed by atoms with Crippen LogP contribution in [0.25, 0.3) is 0 Å². The van der Waals surface area contributed by atoms with Crippen LogP contribution in [0.4, 0.5) is 0 Å². The van der Waals surface area contributed by atoms with E-state index in [1.807, 2.05) is 6.92 Å². The number of ether oxygens (including phenoxy) is 1. The highest BCUT2D eigenvalue weighted by Gasteiger charge is 2.31. The average Bonchev–Trinajstić information content (AvgIpc) is 3.25. The summed E-state index contributed by atoms with van der Waals surface area (Å²) < 4.78 is 37.8. The van der Waals surface area contributed by atoms with Crippen LogP contribution in [0.5, 0.6) is 0 Å². The van der Waals surface area contributed by atoms with Crippen LogP contribution < -0.4 is 0 Å². The van der Waals surface area contributed by atoms with Crippen LogP contribution in [0.3, 0.4) is 0 Å². The second-order valence-electron chi connectivity index (χ2n) is 5.33. The number of piperidine rings is 1. The molecule has 0 radical (unpaired) electrons. The minimum Gasteiger partial charge on any atom is -0.367 e. The molecule has 1 atom stereocenters. The van der Waals surface area contributed by atoms with Gasteiger partial charge in [-0.25, -0.2) is 8.42 Å². The number of hydrogen-bond donors (Lipinski definition) is 0. The summed E-state index contributed by atoms with van der Waals surface area (Å²) in [5.41, 5.74) is 0. The van der Waals surface area contributed by atoms with E-state index in [-0.39, 0.29) is 12.7 Å². The second-order valence-corrected chi connectivity index (χ2v) is 8.44. The summed E-state index contributed by atoms with van der Waals surface area (Å²) in [5, 5.41) is 5.58. The van der Waals surface area contributed by atoms with Gasteiger partial charge in [0.1, 0.15) is 10.8 Å². The molecular formula is C14H19N3O4S2. The Balaban J connectivity index is 1.60. The zero-order valence-electron chi connectivity index (χ0n) is 12.8. The van der Waals surface area contributed by atoms with Gasteiger partial charge in [0.25, 0.3) is 15.9 Å². The molecule has 0 amide bonds. The van der Waals surface area contributed by atoms with E-state index in [0.717, 1.165) is 12.8 Å². The quantitative estimate of drug-likeness (QED) is 0.787. The molecule has 0 aliphatic carbocycles. The van der Waals surface area contributed by atoms with E-state index in [9.17, 15) is 8.42 Å². The van der Waals surface area contributed by atoms with Crippen LogP contribution in [0, 0.1) is 0 Å². The van der Waals surface area contributed by atoms with Gasteiger partial charge in [-0.1, -0.05) is 18.1 Å². The minimum atomic E-state index is -3.41. The molecule has 1 aliphatic rings. The van der Waals surface area contributed by atoms with Crippen molar-refractivity contribution in [3.8, 4) is 0 Å². The molecule has 0 spiro atoms. The van der Waals surface area contributed by atoms with Crippen molar-refractivity contribution in [2.75, 3.05) is 13.1 Å². The second kappa shape index (κ2) is 7.08. The maximum Gasteiger partial charge on any atom is 0.252 e. The van der Waals surface area contributed by atoms with Gasteiger partial charge in [-0.15, -0.1) is 11.3 Å². The molecule has 0 saturated carbocycles. The number of nitrogens with zero attached hydrogens (tertiary/aromatic N) is 3. The van der Waals surface area contributed by atoms with Gasteiger partial charge in [0, 0.05) is 19.5 Å². The predicted molar refractivity (Wildman–Crippen MR) is 84.6 cm³/mol. The van der Waals surface area contributed by atoms with Crippen molar-refractivity contribution < 1.29 is 17.7 Å². The molecule has 3 heterocycles. The standard InChI is InChI=1S/C14H19N3O4S2/c1-2-12-15-13(21-16-12)10-20-11-5-3-7-17(9-11)23(18,19)14-6-4-8-22-14/h4,6,8,11H,2-3,5,7,9-10H2,1H3/t11-/m0/s1. The third kappa shape index (κ3) is 3.79. The topological polar surface area (TPSA) is 85.5 Å². The number of aryl methyl sites for hydroxylation is 1. The number of rotatable bonds is 6. The lowest BCUT2D eigenvalue weighted by Gasteiger charge is -2.31. The molecule has 2 aromatic rings. The Labute approximate surface area is 139 Å². The lowest BCUT2D eigenvalue weighted by Crippen LogP contribution is -2.42. The fraction of sp³-hybridized carbons (Fsp3) is 0.571. The third-order valence-electron chi connectivity index (χ3n) is 3.70. The number of thiophene rings is 1. The molecule has 9 heteroatoms. The Bertz CT molecular complexity index is 727. The highest BCUT2D eigenvalue weighted by Crippen LogP contribution is 2.25. The van der Waals surface area contributed by atoms with E-state index < -0.39 is 10.0 Å². The molecule has 0 unspecified atom stereocenters. The van der Waals surface area contributed by atoms with Crippen molar-refractivity contribution >= 4 is 21.4 Å². The molecule has 1 saturated heterocycles. The van der Waals surface area contributed by atoms with E-state index >= 15 is 0 Å². The van der Waals surface area contributed by atoms with Crippen molar-refractivity contribution in [3.05, 3.63) is 29.2 Å². The predicted octanol–water partition coefficient (Wildman–Crippen LogP) is 2.06. The largest absolute Gasteiger partial charge is 0.367 e. The van der Waals surface area contributed by atoms with Gasteiger partial charge in [-0.2, -0.15) is 9.29 Å². The first-order valence-corrected chi connectivity index (χ1v) is 9.88. The maximum atomic E-state index is 12.6. The number of sulfonamides is 1. The summed E-state index contributed by atoms with van der Waals surface area (Å²) in [7, 11) is -3.41. The highest BCUT2D eigenvalue weighted by molar-refractivity contribution is 7.91. The van der Waals surface area contributed by atoms with Crippen molar-refractivity contribution in [2.45, 2.75) is 43.1 Å². The first kappa shape index (κ1) is 16.6. The Morgan fingerprint density at radius 1 is 1.52 bits per heavy atom. The number of hydrogen-bond acceptors (Lipinski definition) is 7. The lowest BCUT2D eigenvalue weighted by molar-refractivity contribution is -0.00293. The fourth-order valence-electron chi connectivity index (χ4n) is 2.48. The molecule has 23 heavy (non-hydrogen) atoms. The first-order valence-electron chi connectivity index (χ1n) is 7.56. The fourth-order valence-corrected chi connectivity index (χ4v) is 5.13. The first-order chi connectivity index (χ1) is 11.1. The molecule has 1 aliphatic heterocycles. The van der Waals surface area contributed by atoms with Crippen LogP contribution in [0.2, 0.25) is 0 Å². The molecule has 0 bridgehead atoms. The van der Waals surface area contributed by atoms with E-state index in [0.29, 0.717) is 35.4 Å². The third-order valence-corrected chi connectivity index (χ3v) is 6.94. The summed E-state index contributed by atoms with van der Waals surface area (Å²) in [4.78, 5) is 4.19. The van der Waals surface area contributed by atoms with Crippen LogP contribution in [-0.4, -0.2) is 42.1 Å². The SMILES string of the molecule is CCc1noc(CO[C@H]2CCCN(S(=O)(=O)c3cccs3)C2)n1. The van der Waals surface area contributed by atoms with Crippen molar-refractivity contribution in [2.24, 2.45) is 0 Å². The summed E-state index contributed by atoms with van der Waals surface area (Å²) in [5.74, 6) is 1.08. The molecule has 3 rings (SSSR count). The zero-order chi connectivity index (χ0) is 16.3. The molecule has 1 fully saturated rings. The zero-order valence-corrected chi connectivity index (χ0v) is 14.5. The van der Waals surface area contributed by atoms with Gasteiger partial charge in [0.05, 0.1) is 6.10 Å². The summed E-state index contributed by atoms with van der Waals surface area (Å²) >= 11 is 1.24. The van der Waals surface area contributed by atoms with Crippen LogP contribution >= 0.6 is 11.3 Å². The van der Waals surface area contributed by atoms with Crippen LogP contribution in [0.15, 0.2) is 26.2 Å². The summed E-state index contributed by atoms with van der Waals surface area (Å²) in [6.07, 6.45) is 2.15. The monoisotopic (exact) mass is 357 g/mol. The van der Waals surface area contributed by atoms with Crippen molar-refractivity contribution in [1.82, 2.24) is 14.4 Å². The lowest BCUT2D eigenvalue weighted by atomic mass is 10.1. The number of aromatic nitrogens is 2. The Hall–Kier alpha value is -1.29. The highest BCUT2D eigenvalue weighted by atomic mass is 32.2. The Morgan fingerprint density at radius 2 is 2.39 bits per heavy atom. The van der Waals surface area contributed by atoms with Gasteiger partial charge in [-0.05, 0) is 24.3 Å². The van der Waals surface area contributed by atoms with Crippen molar-refractivity contribution in [3.63, 3.8) is 0 Å². The van der Waals surface area contributed by atoms with Crippen molar-refractivity contribution in [1.29, 1.82) is 0 Å². The smallest absolute Gasteiger partial charge is 0.252 e. The van der Waals surface area contributed by atoms with Crippen LogP contribution in [-0.2, 0) is 27.8 Å². The van der Waals surface area contributed by atoms with Gasteiger partial charge in [-0.3, -0.25) is 0 Å². The van der Waals surface area contributed by atoms with E-state index in [1.54, 1.807) is 17.5 Å². The Morgan fingerprint density at radius 3 is 3.09 bits per heavy atom. The molecule has 126 valence electrons. The van der Waals surface area contributed by atoms with Gasteiger partial charge in [0.15, 0.2) is 5.82 Å². The van der Waals surface area contributed by atoms with E-state index in [2.05, 4.69) is 10.1 Å². The molecule has 0 aromatic carbocycles. The average molecular weight is 357 g/mol. The Kier molecular flexibility index (Phi) is 5.10.